The largest absolute Gasteiger partial charge is 0.451 e. The van der Waals surface area contributed by atoms with Crippen LogP contribution in [0.5, 0.6) is 0 Å². The van der Waals surface area contributed by atoms with Crippen LogP contribution < -0.4 is 11.1 Å². The SMILES string of the molecule is C[C@H](OC(=O)Cn1nc(-c2ccccc2)oc1=O)C(=O)Nc1ccccc1. The van der Waals surface area contributed by atoms with Crippen molar-refractivity contribution in [3.05, 3.63) is 71.2 Å². The second-order valence-electron chi connectivity index (χ2n) is 5.68. The second kappa shape index (κ2) is 8.13. The summed E-state index contributed by atoms with van der Waals surface area (Å²) in [7, 11) is 0. The predicted octanol–water partition coefficient (Wildman–Crippen LogP) is 2.07. The first-order valence-electron chi connectivity index (χ1n) is 8.21. The summed E-state index contributed by atoms with van der Waals surface area (Å²) < 4.78 is 11.0. The van der Waals surface area contributed by atoms with Crippen LogP contribution in [0.3, 0.4) is 0 Å². The molecule has 3 aromatic rings. The first-order chi connectivity index (χ1) is 13.0. The average Bonchev–Trinajstić information content (AvgIpc) is 3.03. The Bertz CT molecular complexity index is 979. The summed E-state index contributed by atoms with van der Waals surface area (Å²) in [6, 6.07) is 17.6. The number of rotatable bonds is 6. The zero-order chi connectivity index (χ0) is 19.2. The minimum atomic E-state index is -1.03. The number of carbonyl (C=O) groups excluding carboxylic acids is 2. The third-order valence-electron chi connectivity index (χ3n) is 3.62. The number of amides is 1. The Hall–Kier alpha value is -3.68. The number of para-hydroxylation sites is 1. The zero-order valence-corrected chi connectivity index (χ0v) is 14.5. The standard InChI is InChI=1S/C19H17N3O5/c1-13(17(24)20-15-10-6-3-7-11-15)26-16(23)12-22-19(25)27-18(21-22)14-8-4-2-5-9-14/h2-11,13H,12H2,1H3,(H,20,24)/t13-/m0/s1. The Labute approximate surface area is 154 Å². The molecule has 0 saturated carbocycles. The van der Waals surface area contributed by atoms with Gasteiger partial charge in [0.15, 0.2) is 6.10 Å². The fourth-order valence-corrected chi connectivity index (χ4v) is 2.28. The van der Waals surface area contributed by atoms with Gasteiger partial charge in [-0.1, -0.05) is 36.4 Å². The maximum absolute atomic E-state index is 12.1. The van der Waals surface area contributed by atoms with Crippen molar-refractivity contribution in [1.82, 2.24) is 9.78 Å². The summed E-state index contributed by atoms with van der Waals surface area (Å²) in [4.78, 5) is 36.0. The molecule has 8 nitrogen and oxygen atoms in total. The molecule has 8 heteroatoms. The molecule has 0 unspecified atom stereocenters. The van der Waals surface area contributed by atoms with Gasteiger partial charge in [0.25, 0.3) is 5.91 Å². The van der Waals surface area contributed by atoms with Crippen LogP contribution in [0.25, 0.3) is 11.5 Å². The molecule has 0 aliphatic heterocycles. The van der Waals surface area contributed by atoms with Gasteiger partial charge < -0.3 is 14.5 Å². The Balaban J connectivity index is 1.60. The van der Waals surface area contributed by atoms with Crippen molar-refractivity contribution in [3.63, 3.8) is 0 Å². The van der Waals surface area contributed by atoms with E-state index < -0.39 is 30.3 Å². The number of nitrogens with zero attached hydrogens (tertiary/aromatic N) is 2. The van der Waals surface area contributed by atoms with Crippen LogP contribution in [-0.2, 0) is 20.9 Å². The van der Waals surface area contributed by atoms with Gasteiger partial charge >= 0.3 is 11.7 Å². The van der Waals surface area contributed by atoms with E-state index >= 15 is 0 Å². The lowest BCUT2D eigenvalue weighted by atomic mass is 10.2. The van der Waals surface area contributed by atoms with Crippen molar-refractivity contribution in [2.75, 3.05) is 5.32 Å². The second-order valence-corrected chi connectivity index (χ2v) is 5.68. The van der Waals surface area contributed by atoms with E-state index in [9.17, 15) is 14.4 Å². The topological polar surface area (TPSA) is 103 Å². The molecule has 0 aliphatic rings. The summed E-state index contributed by atoms with van der Waals surface area (Å²) >= 11 is 0. The Morgan fingerprint density at radius 3 is 2.41 bits per heavy atom. The maximum atomic E-state index is 12.1. The van der Waals surface area contributed by atoms with E-state index in [0.29, 0.717) is 11.3 Å². The van der Waals surface area contributed by atoms with Gasteiger partial charge in [-0.05, 0) is 31.2 Å². The van der Waals surface area contributed by atoms with Crippen LogP contribution in [0.2, 0.25) is 0 Å². The van der Waals surface area contributed by atoms with Crippen LogP contribution in [-0.4, -0.2) is 27.8 Å². The Morgan fingerprint density at radius 2 is 1.74 bits per heavy atom. The minimum Gasteiger partial charge on any atom is -0.451 e. The fourth-order valence-electron chi connectivity index (χ4n) is 2.28. The lowest BCUT2D eigenvalue weighted by Gasteiger charge is -2.13. The van der Waals surface area contributed by atoms with Crippen molar-refractivity contribution in [2.45, 2.75) is 19.6 Å². The summed E-state index contributed by atoms with van der Waals surface area (Å²) in [6.07, 6.45) is -1.03. The number of anilines is 1. The Kier molecular flexibility index (Phi) is 5.46. The molecule has 1 heterocycles. The number of nitrogens with one attached hydrogen (secondary N) is 1. The minimum absolute atomic E-state index is 0.100. The van der Waals surface area contributed by atoms with E-state index in [1.165, 1.54) is 6.92 Å². The number of hydrogen-bond donors (Lipinski definition) is 1. The zero-order valence-electron chi connectivity index (χ0n) is 14.5. The van der Waals surface area contributed by atoms with Gasteiger partial charge in [-0.15, -0.1) is 5.10 Å². The van der Waals surface area contributed by atoms with E-state index in [-0.39, 0.29) is 5.89 Å². The molecule has 138 valence electrons. The van der Waals surface area contributed by atoms with Gasteiger partial charge in [0.2, 0.25) is 5.89 Å². The first kappa shape index (κ1) is 18.1. The molecule has 0 saturated heterocycles. The molecule has 2 aromatic carbocycles. The van der Waals surface area contributed by atoms with Crippen molar-refractivity contribution >= 4 is 17.6 Å². The van der Waals surface area contributed by atoms with Crippen LogP contribution in [0.4, 0.5) is 5.69 Å². The maximum Gasteiger partial charge on any atom is 0.437 e. The quantitative estimate of drug-likeness (QED) is 0.669. The number of carbonyl (C=O) groups is 2. The van der Waals surface area contributed by atoms with Crippen molar-refractivity contribution < 1.29 is 18.7 Å². The van der Waals surface area contributed by atoms with Crippen LogP contribution in [0.15, 0.2) is 69.9 Å². The third-order valence-corrected chi connectivity index (χ3v) is 3.62. The Morgan fingerprint density at radius 1 is 1.11 bits per heavy atom. The monoisotopic (exact) mass is 367 g/mol. The molecule has 0 fully saturated rings. The number of benzene rings is 2. The van der Waals surface area contributed by atoms with Crippen LogP contribution in [0, 0.1) is 0 Å². The van der Waals surface area contributed by atoms with Gasteiger partial charge in [-0.3, -0.25) is 9.59 Å². The van der Waals surface area contributed by atoms with E-state index in [2.05, 4.69) is 10.4 Å². The van der Waals surface area contributed by atoms with Crippen molar-refractivity contribution in [2.24, 2.45) is 0 Å². The van der Waals surface area contributed by atoms with Gasteiger partial charge in [0.1, 0.15) is 6.54 Å². The van der Waals surface area contributed by atoms with E-state index in [1.807, 2.05) is 12.1 Å². The summed E-state index contributed by atoms with van der Waals surface area (Å²) in [5.41, 5.74) is 1.20. The predicted molar refractivity (Wildman–Crippen MR) is 96.8 cm³/mol. The van der Waals surface area contributed by atoms with E-state index in [0.717, 1.165) is 4.68 Å². The van der Waals surface area contributed by atoms with Crippen molar-refractivity contribution in [1.29, 1.82) is 0 Å². The third kappa shape index (κ3) is 4.69. The van der Waals surface area contributed by atoms with Gasteiger partial charge in [0.05, 0.1) is 0 Å². The molecule has 1 aromatic heterocycles. The number of hydrogen-bond acceptors (Lipinski definition) is 6. The lowest BCUT2D eigenvalue weighted by molar-refractivity contribution is -0.154. The summed E-state index contributed by atoms with van der Waals surface area (Å²) in [5, 5.41) is 6.61. The molecule has 0 bridgehead atoms. The summed E-state index contributed by atoms with van der Waals surface area (Å²) in [5.74, 6) is -1.94. The van der Waals surface area contributed by atoms with Gasteiger partial charge in [-0.2, -0.15) is 4.68 Å². The van der Waals surface area contributed by atoms with Gasteiger partial charge in [0, 0.05) is 11.3 Å². The molecule has 0 radical (unpaired) electrons. The highest BCUT2D eigenvalue weighted by atomic mass is 16.5. The molecule has 1 N–H and O–H groups in total. The molecule has 3 rings (SSSR count). The molecule has 1 amide bonds. The number of aromatic nitrogens is 2. The highest BCUT2D eigenvalue weighted by molar-refractivity contribution is 5.95. The molecule has 1 atom stereocenters. The first-order valence-corrected chi connectivity index (χ1v) is 8.21. The van der Waals surface area contributed by atoms with E-state index in [4.69, 9.17) is 9.15 Å². The highest BCUT2D eigenvalue weighted by Gasteiger charge is 2.20. The normalized spacial score (nSPS) is 11.6. The van der Waals surface area contributed by atoms with Crippen molar-refractivity contribution in [3.8, 4) is 11.5 Å². The molecule has 27 heavy (non-hydrogen) atoms. The number of esters is 1. The molecular formula is C19H17N3O5. The van der Waals surface area contributed by atoms with Gasteiger partial charge in [-0.25, -0.2) is 4.79 Å². The highest BCUT2D eigenvalue weighted by Crippen LogP contribution is 2.14. The fraction of sp³-hybridized carbons (Fsp3) is 0.158. The van der Waals surface area contributed by atoms with Crippen LogP contribution in [0.1, 0.15) is 6.92 Å². The summed E-state index contributed by atoms with van der Waals surface area (Å²) in [6.45, 7) is 0.981. The molecular weight excluding hydrogens is 350 g/mol. The molecule has 0 aliphatic carbocycles. The lowest BCUT2D eigenvalue weighted by Crippen LogP contribution is -2.32. The molecule has 0 spiro atoms. The van der Waals surface area contributed by atoms with Crippen LogP contribution >= 0.6 is 0 Å². The number of ether oxygens (including phenoxy) is 1. The smallest absolute Gasteiger partial charge is 0.437 e. The average molecular weight is 367 g/mol. The van der Waals surface area contributed by atoms with E-state index in [1.54, 1.807) is 48.5 Å².